The monoisotopic (exact) mass is 139 g/mol. The van der Waals surface area contributed by atoms with Gasteiger partial charge >= 0.3 is 0 Å². The molecule has 0 fully saturated rings. The van der Waals surface area contributed by atoms with Crippen molar-refractivity contribution in [1.29, 1.82) is 0 Å². The molecule has 0 heterocycles. The van der Waals surface area contributed by atoms with Crippen molar-refractivity contribution in [2.45, 2.75) is 45.1 Å². The molecule has 0 saturated heterocycles. The summed E-state index contributed by atoms with van der Waals surface area (Å²) in [5.74, 6) is 0. The van der Waals surface area contributed by atoms with Gasteiger partial charge in [0.15, 0.2) is 0 Å². The molecule has 10 heavy (non-hydrogen) atoms. The second-order valence-corrected chi connectivity index (χ2v) is 3.07. The Morgan fingerprint density at radius 2 is 2.50 bits per heavy atom. The van der Waals surface area contributed by atoms with E-state index in [1.807, 2.05) is 0 Å². The third kappa shape index (κ3) is 1.84. The molecule has 0 bridgehead atoms. The summed E-state index contributed by atoms with van der Waals surface area (Å²) in [4.78, 5) is 0. The predicted molar refractivity (Wildman–Crippen MR) is 44.8 cm³/mol. The molecular formula is C9H17N. The molecule has 1 atom stereocenters. The zero-order valence-electron chi connectivity index (χ0n) is 6.77. The predicted octanol–water partition coefficient (Wildman–Crippen LogP) is 2.22. The normalized spacial score (nSPS) is 25.0. The van der Waals surface area contributed by atoms with E-state index in [2.05, 4.69) is 13.0 Å². The highest BCUT2D eigenvalue weighted by molar-refractivity contribution is 5.15. The lowest BCUT2D eigenvalue weighted by Crippen LogP contribution is -2.18. The Morgan fingerprint density at radius 3 is 3.00 bits per heavy atom. The van der Waals surface area contributed by atoms with E-state index in [9.17, 15) is 0 Å². The van der Waals surface area contributed by atoms with Crippen LogP contribution in [-0.2, 0) is 0 Å². The topological polar surface area (TPSA) is 26.0 Å². The van der Waals surface area contributed by atoms with E-state index < -0.39 is 0 Å². The van der Waals surface area contributed by atoms with Crippen molar-refractivity contribution in [1.82, 2.24) is 0 Å². The molecular weight excluding hydrogens is 122 g/mol. The first kappa shape index (κ1) is 7.80. The van der Waals surface area contributed by atoms with Crippen molar-refractivity contribution in [2.75, 3.05) is 0 Å². The van der Waals surface area contributed by atoms with E-state index in [1.54, 1.807) is 0 Å². The summed E-state index contributed by atoms with van der Waals surface area (Å²) in [6.45, 7) is 2.22. The van der Waals surface area contributed by atoms with Gasteiger partial charge in [0.25, 0.3) is 0 Å². The maximum atomic E-state index is 5.85. The number of nitrogens with two attached hydrogens (primary N) is 1. The molecule has 1 aliphatic carbocycles. The van der Waals surface area contributed by atoms with Gasteiger partial charge in [-0.3, -0.25) is 0 Å². The molecule has 1 heteroatoms. The van der Waals surface area contributed by atoms with Crippen molar-refractivity contribution in [3.05, 3.63) is 11.6 Å². The van der Waals surface area contributed by atoms with Gasteiger partial charge in [-0.15, -0.1) is 0 Å². The molecule has 0 spiro atoms. The van der Waals surface area contributed by atoms with E-state index in [0.29, 0.717) is 6.04 Å². The second-order valence-electron chi connectivity index (χ2n) is 3.07. The third-order valence-corrected chi connectivity index (χ3v) is 2.18. The van der Waals surface area contributed by atoms with Crippen LogP contribution in [0.3, 0.4) is 0 Å². The summed E-state index contributed by atoms with van der Waals surface area (Å²) in [6.07, 6.45) is 8.53. The first-order chi connectivity index (χ1) is 4.84. The van der Waals surface area contributed by atoms with Crippen molar-refractivity contribution in [3.63, 3.8) is 0 Å². The molecule has 1 aliphatic rings. The molecule has 0 aromatic rings. The first-order valence-electron chi connectivity index (χ1n) is 4.29. The Kier molecular flexibility index (Phi) is 2.94. The van der Waals surface area contributed by atoms with Crippen LogP contribution in [0.15, 0.2) is 11.6 Å². The molecule has 1 rings (SSSR count). The number of unbranched alkanes of at least 4 members (excludes halogenated alkanes) is 1. The van der Waals surface area contributed by atoms with Crippen LogP contribution in [0, 0.1) is 0 Å². The Balaban J connectivity index is 2.26. The molecule has 0 aromatic heterocycles. The molecule has 2 N–H and O–H groups in total. The average molecular weight is 139 g/mol. The molecule has 58 valence electrons. The zero-order valence-corrected chi connectivity index (χ0v) is 6.77. The molecule has 0 aliphatic heterocycles. The molecule has 0 radical (unpaired) electrons. The van der Waals surface area contributed by atoms with Gasteiger partial charge in [0.2, 0.25) is 0 Å². The highest BCUT2D eigenvalue weighted by Crippen LogP contribution is 2.21. The van der Waals surface area contributed by atoms with Crippen molar-refractivity contribution >= 4 is 0 Å². The number of allylic oxidation sites excluding steroid dienone is 1. The second kappa shape index (κ2) is 3.77. The van der Waals surface area contributed by atoms with Crippen LogP contribution in [0.2, 0.25) is 0 Å². The van der Waals surface area contributed by atoms with Crippen LogP contribution in [0.1, 0.15) is 39.0 Å². The van der Waals surface area contributed by atoms with Crippen LogP contribution in [0.25, 0.3) is 0 Å². The van der Waals surface area contributed by atoms with Crippen molar-refractivity contribution in [3.8, 4) is 0 Å². The van der Waals surface area contributed by atoms with Crippen molar-refractivity contribution < 1.29 is 0 Å². The van der Waals surface area contributed by atoms with Gasteiger partial charge in [-0.05, 0) is 25.7 Å². The fourth-order valence-electron chi connectivity index (χ4n) is 1.45. The summed E-state index contributed by atoms with van der Waals surface area (Å²) in [7, 11) is 0. The molecule has 1 unspecified atom stereocenters. The summed E-state index contributed by atoms with van der Waals surface area (Å²) >= 11 is 0. The maximum absolute atomic E-state index is 5.85. The van der Waals surface area contributed by atoms with Crippen LogP contribution >= 0.6 is 0 Å². The van der Waals surface area contributed by atoms with Gasteiger partial charge in [0.1, 0.15) is 0 Å². The quantitative estimate of drug-likeness (QED) is 0.596. The zero-order chi connectivity index (χ0) is 7.40. The smallest absolute Gasteiger partial charge is 0.0256 e. The van der Waals surface area contributed by atoms with Gasteiger partial charge in [-0.2, -0.15) is 0 Å². The Morgan fingerprint density at radius 1 is 1.70 bits per heavy atom. The maximum Gasteiger partial charge on any atom is 0.0256 e. The SMILES string of the molecule is CCCCC1=CCCC1N. The molecule has 0 saturated carbocycles. The Labute approximate surface area is 63.3 Å². The highest BCUT2D eigenvalue weighted by Gasteiger charge is 2.12. The van der Waals surface area contributed by atoms with Crippen LogP contribution < -0.4 is 5.73 Å². The van der Waals surface area contributed by atoms with Gasteiger partial charge in [-0.25, -0.2) is 0 Å². The molecule has 0 amide bonds. The van der Waals surface area contributed by atoms with E-state index in [0.717, 1.165) is 0 Å². The number of hydrogen-bond acceptors (Lipinski definition) is 1. The molecule has 0 aromatic carbocycles. The fraction of sp³-hybridized carbons (Fsp3) is 0.778. The summed E-state index contributed by atoms with van der Waals surface area (Å²) in [5, 5.41) is 0. The van der Waals surface area contributed by atoms with Gasteiger partial charge < -0.3 is 5.73 Å². The Bertz CT molecular complexity index is 127. The summed E-state index contributed by atoms with van der Waals surface area (Å²) < 4.78 is 0. The minimum absolute atomic E-state index is 0.395. The number of rotatable bonds is 3. The van der Waals surface area contributed by atoms with Gasteiger partial charge in [0.05, 0.1) is 0 Å². The van der Waals surface area contributed by atoms with Crippen LogP contribution in [0.5, 0.6) is 0 Å². The Hall–Kier alpha value is -0.300. The number of hydrogen-bond donors (Lipinski definition) is 1. The lowest BCUT2D eigenvalue weighted by Gasteiger charge is -2.07. The van der Waals surface area contributed by atoms with Gasteiger partial charge in [-0.1, -0.05) is 25.0 Å². The summed E-state index contributed by atoms with van der Waals surface area (Å²) in [6, 6.07) is 0.395. The molecule has 1 nitrogen and oxygen atoms in total. The highest BCUT2D eigenvalue weighted by atomic mass is 14.6. The van der Waals surface area contributed by atoms with Crippen molar-refractivity contribution in [2.24, 2.45) is 5.73 Å². The lowest BCUT2D eigenvalue weighted by molar-refractivity contribution is 0.690. The van der Waals surface area contributed by atoms with E-state index in [4.69, 9.17) is 5.73 Å². The lowest BCUT2D eigenvalue weighted by atomic mass is 10.1. The van der Waals surface area contributed by atoms with E-state index >= 15 is 0 Å². The van der Waals surface area contributed by atoms with Gasteiger partial charge in [0, 0.05) is 6.04 Å². The minimum Gasteiger partial charge on any atom is -0.324 e. The minimum atomic E-state index is 0.395. The van der Waals surface area contributed by atoms with Crippen LogP contribution in [0.4, 0.5) is 0 Å². The summed E-state index contributed by atoms with van der Waals surface area (Å²) in [5.41, 5.74) is 7.35. The average Bonchev–Trinajstić information content (AvgIpc) is 2.31. The fourth-order valence-corrected chi connectivity index (χ4v) is 1.45. The third-order valence-electron chi connectivity index (χ3n) is 2.18. The van der Waals surface area contributed by atoms with Crippen LogP contribution in [-0.4, -0.2) is 6.04 Å². The largest absolute Gasteiger partial charge is 0.324 e. The first-order valence-corrected chi connectivity index (χ1v) is 4.29. The van der Waals surface area contributed by atoms with E-state index in [-0.39, 0.29) is 0 Å². The standard InChI is InChI=1S/C9H17N/c1-2-3-5-8-6-4-7-9(8)10/h6,9H,2-5,7,10H2,1H3. The van der Waals surface area contributed by atoms with E-state index in [1.165, 1.54) is 37.7 Å².